The van der Waals surface area contributed by atoms with E-state index in [0.717, 1.165) is 57.2 Å². The maximum atomic E-state index is 12.3. The summed E-state index contributed by atoms with van der Waals surface area (Å²) in [4.78, 5) is 26.5. The first-order chi connectivity index (χ1) is 19.5. The molecule has 7 rings (SSSR count). The van der Waals surface area contributed by atoms with Crippen molar-refractivity contribution in [3.63, 3.8) is 0 Å². The number of likely N-dealkylation sites (tertiary alicyclic amines) is 1. The summed E-state index contributed by atoms with van der Waals surface area (Å²) in [5, 5.41) is 10.5. The first kappa shape index (κ1) is 26.0. The van der Waals surface area contributed by atoms with Gasteiger partial charge in [-0.05, 0) is 56.1 Å². The van der Waals surface area contributed by atoms with Crippen molar-refractivity contribution in [2.75, 3.05) is 26.3 Å². The zero-order valence-corrected chi connectivity index (χ0v) is 22.9. The highest BCUT2D eigenvalue weighted by atomic mass is 35.5. The van der Waals surface area contributed by atoms with Crippen LogP contribution in [0.3, 0.4) is 0 Å². The lowest BCUT2D eigenvalue weighted by Gasteiger charge is -2.30. The Kier molecular flexibility index (Phi) is 7.03. The number of hydrogen-bond donors (Lipinski definition) is 2. The minimum absolute atomic E-state index is 0.0153. The zero-order chi connectivity index (χ0) is 27.2. The average molecular weight is 569 g/mol. The fourth-order valence-corrected chi connectivity index (χ4v) is 6.64. The second-order valence-corrected chi connectivity index (χ2v) is 11.6. The molecule has 1 amide bonds. The van der Waals surface area contributed by atoms with Crippen LogP contribution in [0.4, 0.5) is 4.79 Å². The van der Waals surface area contributed by atoms with Gasteiger partial charge in [-0.3, -0.25) is 4.98 Å². The summed E-state index contributed by atoms with van der Waals surface area (Å²) in [5.74, 6) is 0.443. The molecule has 3 aromatic rings. The van der Waals surface area contributed by atoms with Gasteiger partial charge in [-0.15, -0.1) is 0 Å². The van der Waals surface area contributed by atoms with Crippen molar-refractivity contribution in [2.24, 2.45) is 0 Å². The molecular weight excluding hydrogens is 536 g/mol. The van der Waals surface area contributed by atoms with Crippen molar-refractivity contribution in [1.29, 1.82) is 0 Å². The molecule has 2 N–H and O–H groups in total. The third kappa shape index (κ3) is 5.02. The summed E-state index contributed by atoms with van der Waals surface area (Å²) in [6.45, 7) is 2.20. The molecule has 1 aliphatic carbocycles. The molecule has 3 saturated heterocycles. The highest BCUT2D eigenvalue weighted by Crippen LogP contribution is 2.37. The molecule has 0 bridgehead atoms. The number of aromatic nitrogens is 3. The Morgan fingerprint density at radius 3 is 2.55 bits per heavy atom. The van der Waals surface area contributed by atoms with Gasteiger partial charge in [0.25, 0.3) is 6.01 Å². The van der Waals surface area contributed by atoms with Gasteiger partial charge in [0.05, 0.1) is 23.9 Å². The van der Waals surface area contributed by atoms with Gasteiger partial charge in [0.15, 0.2) is 11.8 Å². The molecule has 4 aliphatic rings. The van der Waals surface area contributed by atoms with Crippen molar-refractivity contribution < 1.29 is 28.8 Å². The van der Waals surface area contributed by atoms with E-state index in [1.54, 1.807) is 6.07 Å². The van der Waals surface area contributed by atoms with Crippen LogP contribution < -0.4 is 4.74 Å². The Balaban J connectivity index is 0.994. The molecule has 0 spiro atoms. The van der Waals surface area contributed by atoms with E-state index in [0.29, 0.717) is 40.4 Å². The van der Waals surface area contributed by atoms with Crippen LogP contribution in [-0.2, 0) is 14.2 Å². The van der Waals surface area contributed by atoms with E-state index in [1.165, 1.54) is 5.56 Å². The van der Waals surface area contributed by atoms with E-state index < -0.39 is 6.10 Å². The van der Waals surface area contributed by atoms with E-state index >= 15 is 0 Å². The molecule has 11 heteroatoms. The number of pyridine rings is 1. The third-order valence-electron chi connectivity index (χ3n) is 8.61. The molecule has 5 heterocycles. The Labute approximate surface area is 236 Å². The molecule has 10 nitrogen and oxygen atoms in total. The molecule has 3 aliphatic heterocycles. The molecule has 4 fully saturated rings. The molecular formula is C29H33ClN4O6. The van der Waals surface area contributed by atoms with Crippen LogP contribution in [0.15, 0.2) is 30.3 Å². The van der Waals surface area contributed by atoms with Gasteiger partial charge in [0, 0.05) is 18.7 Å². The number of benzene rings is 1. The average Bonchev–Trinajstić information content (AvgIpc) is 3.76. The van der Waals surface area contributed by atoms with E-state index in [-0.39, 0.29) is 37.1 Å². The fraction of sp³-hybridized carbons (Fsp3) is 0.552. The van der Waals surface area contributed by atoms with Crippen molar-refractivity contribution in [2.45, 2.75) is 75.0 Å². The maximum Gasteiger partial charge on any atom is 0.410 e. The van der Waals surface area contributed by atoms with Gasteiger partial charge in [-0.1, -0.05) is 35.9 Å². The maximum absolute atomic E-state index is 12.3. The number of nitrogens with zero attached hydrogens (tertiary/aromatic N) is 3. The van der Waals surface area contributed by atoms with Crippen molar-refractivity contribution >= 4 is 28.9 Å². The van der Waals surface area contributed by atoms with Crippen LogP contribution in [0.25, 0.3) is 22.4 Å². The van der Waals surface area contributed by atoms with E-state index in [4.69, 9.17) is 35.5 Å². The van der Waals surface area contributed by atoms with Crippen molar-refractivity contribution in [3.8, 4) is 17.3 Å². The van der Waals surface area contributed by atoms with Crippen LogP contribution in [0, 0.1) is 0 Å². The zero-order valence-electron chi connectivity index (χ0n) is 22.1. The summed E-state index contributed by atoms with van der Waals surface area (Å²) in [6, 6.07) is 10.5. The number of rotatable bonds is 5. The number of imidazole rings is 1. The number of ether oxygens (including phenoxy) is 4. The lowest BCUT2D eigenvalue weighted by molar-refractivity contribution is 0.00706. The van der Waals surface area contributed by atoms with Crippen molar-refractivity contribution in [3.05, 3.63) is 40.9 Å². The minimum atomic E-state index is -0.636. The van der Waals surface area contributed by atoms with Crippen molar-refractivity contribution in [1.82, 2.24) is 19.9 Å². The lowest BCUT2D eigenvalue weighted by Crippen LogP contribution is -2.34. The normalized spacial score (nSPS) is 30.1. The van der Waals surface area contributed by atoms with E-state index in [2.05, 4.69) is 34.2 Å². The molecule has 0 unspecified atom stereocenters. The molecule has 1 saturated carbocycles. The van der Waals surface area contributed by atoms with E-state index in [9.17, 15) is 9.90 Å². The van der Waals surface area contributed by atoms with Gasteiger partial charge >= 0.3 is 6.09 Å². The van der Waals surface area contributed by atoms with Crippen LogP contribution in [0.2, 0.25) is 5.02 Å². The van der Waals surface area contributed by atoms with Gasteiger partial charge in [-0.25, -0.2) is 9.78 Å². The minimum Gasteiger partial charge on any atom is -0.456 e. The van der Waals surface area contributed by atoms with Gasteiger partial charge in [0.1, 0.15) is 29.9 Å². The molecule has 40 heavy (non-hydrogen) atoms. The summed E-state index contributed by atoms with van der Waals surface area (Å²) < 4.78 is 23.0. The highest BCUT2D eigenvalue weighted by Gasteiger charge is 2.48. The summed E-state index contributed by atoms with van der Waals surface area (Å²) in [7, 11) is 0. The fourth-order valence-electron chi connectivity index (χ4n) is 6.39. The van der Waals surface area contributed by atoms with Gasteiger partial charge in [0.2, 0.25) is 0 Å². The Morgan fingerprint density at radius 1 is 1.02 bits per heavy atom. The highest BCUT2D eigenvalue weighted by molar-refractivity contribution is 6.33. The largest absolute Gasteiger partial charge is 0.456 e. The number of carbonyl (C=O) groups excluding carboxylic acids is 1. The number of aromatic amines is 1. The number of nitrogens with one attached hydrogen (secondary N) is 1. The molecule has 212 valence electrons. The Hall–Kier alpha value is -2.92. The molecule has 4 atom stereocenters. The first-order valence-corrected chi connectivity index (χ1v) is 14.6. The topological polar surface area (TPSA) is 119 Å². The van der Waals surface area contributed by atoms with E-state index in [1.807, 2.05) is 4.90 Å². The van der Waals surface area contributed by atoms with Crippen LogP contribution >= 0.6 is 11.6 Å². The third-order valence-corrected chi connectivity index (χ3v) is 8.90. The predicted molar refractivity (Wildman–Crippen MR) is 147 cm³/mol. The monoisotopic (exact) mass is 568 g/mol. The number of amides is 1. The second kappa shape index (κ2) is 10.8. The number of H-pyrrole nitrogens is 1. The molecule has 2 aromatic heterocycles. The quantitative estimate of drug-likeness (QED) is 0.463. The number of hydrogen-bond acceptors (Lipinski definition) is 8. The molecule has 0 radical (unpaired) electrons. The number of aliphatic hydroxyl groups excluding tert-OH is 1. The second-order valence-electron chi connectivity index (χ2n) is 11.2. The van der Waals surface area contributed by atoms with Gasteiger partial charge < -0.3 is 29.0 Å². The summed E-state index contributed by atoms with van der Waals surface area (Å²) in [5.41, 5.74) is 4.04. The number of fused-ring (bicyclic) bond motifs is 2. The summed E-state index contributed by atoms with van der Waals surface area (Å²) in [6.07, 6.45) is 4.09. The number of aliphatic hydroxyl groups is 1. The Bertz CT molecular complexity index is 1370. The SMILES string of the molecule is O=C(O[C@H]1CC[C@@H](c2ccc(-c3nc4[nH]c(O[C@@H]5CO[C@H]6[C@@H]5OC[C@H]6O)nc4cc3Cl)cc2)CC1)N1CCCC1. The number of halogens is 1. The standard InChI is InChI=1S/C29H33ClN4O6/c30-20-13-21-27(33-28(31-21)40-23-15-38-25-22(35)14-37-26(23)25)32-24(20)18-5-3-16(4-6-18)17-7-9-19(10-8-17)39-29(36)34-11-1-2-12-34/h3-6,13,17,19,22-23,25-26,35H,1-2,7-12,14-15H2,(H,31,32,33)/t17-,19+,22-,23-,25-,26-/m1/s1. The van der Waals surface area contributed by atoms with Crippen LogP contribution in [0.5, 0.6) is 6.01 Å². The first-order valence-electron chi connectivity index (χ1n) is 14.2. The molecule has 1 aromatic carbocycles. The smallest absolute Gasteiger partial charge is 0.410 e. The summed E-state index contributed by atoms with van der Waals surface area (Å²) >= 11 is 6.63. The number of carbonyl (C=O) groups is 1. The lowest BCUT2D eigenvalue weighted by atomic mass is 9.82. The Morgan fingerprint density at radius 2 is 1.77 bits per heavy atom. The van der Waals surface area contributed by atoms with Gasteiger partial charge in [-0.2, -0.15) is 4.98 Å². The van der Waals surface area contributed by atoms with Crippen LogP contribution in [0.1, 0.15) is 50.0 Å². The van der Waals surface area contributed by atoms with Crippen LogP contribution in [-0.4, -0.2) is 87.9 Å². The predicted octanol–water partition coefficient (Wildman–Crippen LogP) is 4.44.